The van der Waals surface area contributed by atoms with E-state index in [0.29, 0.717) is 18.0 Å². The Labute approximate surface area is 98.8 Å². The largest absolute Gasteiger partial charge is 0.481 e. The molecule has 3 heteroatoms. The fraction of sp³-hybridized carbons (Fsp3) is 0.923. The Kier molecular flexibility index (Phi) is 4.36. The molecule has 0 saturated heterocycles. The predicted molar refractivity (Wildman–Crippen MR) is 65.5 cm³/mol. The quantitative estimate of drug-likeness (QED) is 0.802. The topological polar surface area (TPSA) is 40.5 Å². The van der Waals surface area contributed by atoms with Crippen LogP contribution in [-0.4, -0.2) is 35.6 Å². The van der Waals surface area contributed by atoms with Crippen LogP contribution in [0.1, 0.15) is 46.5 Å². The van der Waals surface area contributed by atoms with Crippen LogP contribution in [0.4, 0.5) is 0 Å². The van der Waals surface area contributed by atoms with Crippen LogP contribution in [0.5, 0.6) is 0 Å². The van der Waals surface area contributed by atoms with Crippen molar-refractivity contribution in [3.05, 3.63) is 0 Å². The zero-order chi connectivity index (χ0) is 12.3. The summed E-state index contributed by atoms with van der Waals surface area (Å²) in [6.07, 6.45) is 5.05. The van der Waals surface area contributed by atoms with Gasteiger partial charge >= 0.3 is 5.97 Å². The second-order valence-corrected chi connectivity index (χ2v) is 5.93. The fourth-order valence-corrected chi connectivity index (χ4v) is 2.93. The lowest BCUT2D eigenvalue weighted by Crippen LogP contribution is -2.47. The third-order valence-corrected chi connectivity index (χ3v) is 3.97. The minimum Gasteiger partial charge on any atom is -0.481 e. The van der Waals surface area contributed by atoms with Gasteiger partial charge < -0.3 is 10.0 Å². The van der Waals surface area contributed by atoms with Crippen molar-refractivity contribution >= 4 is 5.97 Å². The van der Waals surface area contributed by atoms with Crippen LogP contribution >= 0.6 is 0 Å². The first-order chi connectivity index (χ1) is 7.34. The molecule has 0 radical (unpaired) electrons. The Morgan fingerprint density at radius 3 is 2.62 bits per heavy atom. The van der Waals surface area contributed by atoms with Crippen LogP contribution < -0.4 is 0 Å². The van der Waals surface area contributed by atoms with Gasteiger partial charge in [0.25, 0.3) is 0 Å². The number of aliphatic carboxylic acids is 1. The lowest BCUT2D eigenvalue weighted by Gasteiger charge is -2.44. The van der Waals surface area contributed by atoms with Gasteiger partial charge in [0.15, 0.2) is 0 Å². The van der Waals surface area contributed by atoms with Crippen molar-refractivity contribution in [1.29, 1.82) is 0 Å². The molecular formula is C13H25NO2. The number of hydrogen-bond donors (Lipinski definition) is 1. The molecule has 2 atom stereocenters. The predicted octanol–water partition coefficient (Wildman–Crippen LogP) is 2.61. The van der Waals surface area contributed by atoms with E-state index in [0.717, 1.165) is 0 Å². The molecule has 16 heavy (non-hydrogen) atoms. The SMILES string of the molecule is CC(CN(C)C1CCCCC1(C)C)C(=O)O. The van der Waals surface area contributed by atoms with Gasteiger partial charge in [-0.3, -0.25) is 4.79 Å². The van der Waals surface area contributed by atoms with Crippen molar-refractivity contribution in [3.8, 4) is 0 Å². The van der Waals surface area contributed by atoms with Gasteiger partial charge in [0, 0.05) is 12.6 Å². The van der Waals surface area contributed by atoms with E-state index in [1.807, 2.05) is 0 Å². The van der Waals surface area contributed by atoms with E-state index in [2.05, 4.69) is 25.8 Å². The van der Waals surface area contributed by atoms with Gasteiger partial charge in [-0.05, 0) is 25.3 Å². The summed E-state index contributed by atoms with van der Waals surface area (Å²) in [5.74, 6) is -0.969. The molecule has 0 amide bonds. The molecule has 0 aromatic heterocycles. The van der Waals surface area contributed by atoms with Crippen molar-refractivity contribution in [2.24, 2.45) is 11.3 Å². The molecule has 2 unspecified atom stereocenters. The fourth-order valence-electron chi connectivity index (χ4n) is 2.93. The first kappa shape index (κ1) is 13.5. The van der Waals surface area contributed by atoms with E-state index in [1.165, 1.54) is 25.7 Å². The van der Waals surface area contributed by atoms with Crippen molar-refractivity contribution in [2.45, 2.75) is 52.5 Å². The number of carbonyl (C=O) groups is 1. The average molecular weight is 227 g/mol. The summed E-state index contributed by atoms with van der Waals surface area (Å²) in [6.45, 7) is 7.05. The number of rotatable bonds is 4. The highest BCUT2D eigenvalue weighted by Crippen LogP contribution is 2.38. The van der Waals surface area contributed by atoms with Gasteiger partial charge in [-0.15, -0.1) is 0 Å². The second-order valence-electron chi connectivity index (χ2n) is 5.93. The van der Waals surface area contributed by atoms with E-state index < -0.39 is 5.97 Å². The highest BCUT2D eigenvalue weighted by Gasteiger charge is 2.35. The third kappa shape index (κ3) is 3.21. The molecule has 1 fully saturated rings. The van der Waals surface area contributed by atoms with Crippen LogP contribution in [0.25, 0.3) is 0 Å². The Morgan fingerprint density at radius 2 is 2.12 bits per heavy atom. The summed E-state index contributed by atoms with van der Waals surface area (Å²) in [4.78, 5) is 13.1. The zero-order valence-electron chi connectivity index (χ0n) is 11.0. The average Bonchev–Trinajstić information content (AvgIpc) is 2.16. The van der Waals surface area contributed by atoms with Crippen molar-refractivity contribution in [2.75, 3.05) is 13.6 Å². The van der Waals surface area contributed by atoms with E-state index in [-0.39, 0.29) is 5.92 Å². The van der Waals surface area contributed by atoms with Crippen molar-refractivity contribution in [3.63, 3.8) is 0 Å². The van der Waals surface area contributed by atoms with E-state index in [9.17, 15) is 4.79 Å². The maximum Gasteiger partial charge on any atom is 0.307 e. The molecule has 1 saturated carbocycles. The third-order valence-electron chi connectivity index (χ3n) is 3.97. The van der Waals surface area contributed by atoms with Gasteiger partial charge in [-0.25, -0.2) is 0 Å². The van der Waals surface area contributed by atoms with Crippen LogP contribution in [0.3, 0.4) is 0 Å². The number of carboxylic acids is 1. The number of hydrogen-bond acceptors (Lipinski definition) is 2. The summed E-state index contributed by atoms with van der Waals surface area (Å²) in [5.41, 5.74) is 0.325. The minimum absolute atomic E-state index is 0.275. The van der Waals surface area contributed by atoms with Gasteiger partial charge in [0.1, 0.15) is 0 Å². The van der Waals surface area contributed by atoms with E-state index in [1.54, 1.807) is 6.92 Å². The first-order valence-corrected chi connectivity index (χ1v) is 6.27. The molecule has 3 nitrogen and oxygen atoms in total. The second kappa shape index (κ2) is 5.17. The van der Waals surface area contributed by atoms with Crippen molar-refractivity contribution < 1.29 is 9.90 Å². The van der Waals surface area contributed by atoms with Crippen LogP contribution in [0.15, 0.2) is 0 Å². The van der Waals surface area contributed by atoms with Gasteiger partial charge in [0.2, 0.25) is 0 Å². The standard InChI is InChI=1S/C13H25NO2/c1-10(12(15)16)9-14(4)11-7-5-6-8-13(11,2)3/h10-11H,5-9H2,1-4H3,(H,15,16). The summed E-state index contributed by atoms with van der Waals surface area (Å²) < 4.78 is 0. The smallest absolute Gasteiger partial charge is 0.307 e. The highest BCUT2D eigenvalue weighted by atomic mass is 16.4. The summed E-state index contributed by atoms with van der Waals surface area (Å²) in [7, 11) is 2.07. The van der Waals surface area contributed by atoms with Gasteiger partial charge in [-0.1, -0.05) is 33.6 Å². The molecule has 0 aromatic rings. The maximum atomic E-state index is 10.9. The molecule has 0 bridgehead atoms. The lowest BCUT2D eigenvalue weighted by molar-refractivity contribution is -0.142. The molecule has 0 spiro atoms. The summed E-state index contributed by atoms with van der Waals surface area (Å²) in [6, 6.07) is 0.531. The monoisotopic (exact) mass is 227 g/mol. The minimum atomic E-state index is -0.694. The van der Waals surface area contributed by atoms with E-state index in [4.69, 9.17) is 5.11 Å². The Hall–Kier alpha value is -0.570. The molecule has 1 aliphatic rings. The highest BCUT2D eigenvalue weighted by molar-refractivity contribution is 5.69. The number of nitrogens with zero attached hydrogens (tertiary/aromatic N) is 1. The molecular weight excluding hydrogens is 202 g/mol. The molecule has 0 aromatic carbocycles. The molecule has 0 heterocycles. The molecule has 1 rings (SSSR count). The Bertz CT molecular complexity index is 250. The molecule has 94 valence electrons. The maximum absolute atomic E-state index is 10.9. The first-order valence-electron chi connectivity index (χ1n) is 6.27. The number of carboxylic acid groups (broad SMARTS) is 1. The lowest BCUT2D eigenvalue weighted by atomic mass is 9.72. The summed E-state index contributed by atoms with van der Waals surface area (Å²) >= 11 is 0. The Morgan fingerprint density at radius 1 is 1.50 bits per heavy atom. The molecule has 1 N–H and O–H groups in total. The molecule has 1 aliphatic carbocycles. The van der Waals surface area contributed by atoms with Crippen molar-refractivity contribution in [1.82, 2.24) is 4.90 Å². The van der Waals surface area contributed by atoms with Crippen LogP contribution in [-0.2, 0) is 4.79 Å². The normalized spacial score (nSPS) is 26.7. The molecule has 0 aliphatic heterocycles. The summed E-state index contributed by atoms with van der Waals surface area (Å²) in [5, 5.41) is 8.93. The van der Waals surface area contributed by atoms with Gasteiger partial charge in [-0.2, -0.15) is 0 Å². The van der Waals surface area contributed by atoms with Crippen LogP contribution in [0, 0.1) is 11.3 Å². The van der Waals surface area contributed by atoms with Gasteiger partial charge in [0.05, 0.1) is 5.92 Å². The zero-order valence-corrected chi connectivity index (χ0v) is 11.0. The Balaban J connectivity index is 2.58. The van der Waals surface area contributed by atoms with E-state index >= 15 is 0 Å². The van der Waals surface area contributed by atoms with Crippen LogP contribution in [0.2, 0.25) is 0 Å².